The second-order valence-corrected chi connectivity index (χ2v) is 4.01. The smallest absolute Gasteiger partial charge is 0.327 e. The first-order valence-electron chi connectivity index (χ1n) is 5.38. The Labute approximate surface area is 114 Å². The number of aliphatic carboxylic acids is 1. The Hall–Kier alpha value is -2.48. The van der Waals surface area contributed by atoms with Gasteiger partial charge in [-0.1, -0.05) is 18.2 Å². The molecule has 2 rings (SSSR count). The summed E-state index contributed by atoms with van der Waals surface area (Å²) >= 11 is 5.10. The van der Waals surface area contributed by atoms with Crippen molar-refractivity contribution < 1.29 is 9.90 Å². The molecule has 0 fully saturated rings. The van der Waals surface area contributed by atoms with E-state index in [-0.39, 0.29) is 6.54 Å². The van der Waals surface area contributed by atoms with Gasteiger partial charge in [0.1, 0.15) is 0 Å². The van der Waals surface area contributed by atoms with Gasteiger partial charge in [0.2, 0.25) is 0 Å². The van der Waals surface area contributed by atoms with Crippen LogP contribution in [0.3, 0.4) is 0 Å². The third-order valence-electron chi connectivity index (χ3n) is 2.09. The minimum atomic E-state index is -1.01. The monoisotopic (exact) mass is 277 g/mol. The highest BCUT2D eigenvalue weighted by Crippen LogP contribution is 2.06. The van der Waals surface area contributed by atoms with Crippen molar-refractivity contribution in [3.63, 3.8) is 0 Å². The summed E-state index contributed by atoms with van der Waals surface area (Å²) in [4.78, 5) is 11.5. The van der Waals surface area contributed by atoms with Gasteiger partial charge in [0.25, 0.3) is 0 Å². The number of benzene rings is 1. The maximum absolute atomic E-state index is 10.5. The summed E-state index contributed by atoms with van der Waals surface area (Å²) in [5.41, 5.74) is 0.845. The molecule has 7 nitrogen and oxygen atoms in total. The predicted molar refractivity (Wildman–Crippen MR) is 73.9 cm³/mol. The van der Waals surface area contributed by atoms with Crippen LogP contribution in [0.2, 0.25) is 0 Å². The van der Waals surface area contributed by atoms with Crippen molar-refractivity contribution in [2.45, 2.75) is 6.54 Å². The van der Waals surface area contributed by atoms with Gasteiger partial charge in [-0.25, -0.2) is 0 Å². The summed E-state index contributed by atoms with van der Waals surface area (Å²) in [7, 11) is 0. The van der Waals surface area contributed by atoms with E-state index in [0.717, 1.165) is 10.5 Å². The second kappa shape index (κ2) is 5.91. The number of thiocarbonyl (C=S) groups is 1. The molecule has 98 valence electrons. The van der Waals surface area contributed by atoms with E-state index in [1.165, 1.54) is 6.20 Å². The van der Waals surface area contributed by atoms with E-state index in [0.29, 0.717) is 10.9 Å². The lowest BCUT2D eigenvalue weighted by Crippen LogP contribution is -2.19. The minimum Gasteiger partial charge on any atom is -0.480 e. The Morgan fingerprint density at radius 3 is 2.74 bits per heavy atom. The number of carboxylic acids is 1. The van der Waals surface area contributed by atoms with Gasteiger partial charge in [0.05, 0.1) is 6.20 Å². The van der Waals surface area contributed by atoms with Crippen molar-refractivity contribution in [3.05, 3.63) is 36.5 Å². The van der Waals surface area contributed by atoms with Crippen LogP contribution in [0.4, 0.5) is 11.5 Å². The molecular formula is C11H11N5O2S. The zero-order valence-electron chi connectivity index (χ0n) is 9.78. The van der Waals surface area contributed by atoms with Gasteiger partial charge >= 0.3 is 5.97 Å². The van der Waals surface area contributed by atoms with Crippen molar-refractivity contribution in [3.8, 4) is 0 Å². The Bertz CT molecular complexity index is 584. The molecule has 0 unspecified atom stereocenters. The van der Waals surface area contributed by atoms with Gasteiger partial charge in [-0.15, -0.1) is 5.10 Å². The number of para-hydroxylation sites is 1. The summed E-state index contributed by atoms with van der Waals surface area (Å²) in [6.07, 6.45) is 1.40. The molecule has 0 aliphatic rings. The Morgan fingerprint density at radius 1 is 1.32 bits per heavy atom. The fourth-order valence-electron chi connectivity index (χ4n) is 1.35. The van der Waals surface area contributed by atoms with E-state index in [9.17, 15) is 4.79 Å². The molecule has 0 amide bonds. The van der Waals surface area contributed by atoms with Gasteiger partial charge in [-0.05, 0) is 24.4 Å². The number of nitrogens with one attached hydrogen (secondary N) is 2. The highest BCUT2D eigenvalue weighted by molar-refractivity contribution is 7.80. The van der Waals surface area contributed by atoms with Crippen LogP contribution in [0.15, 0.2) is 36.5 Å². The Morgan fingerprint density at radius 2 is 2.05 bits per heavy atom. The zero-order valence-corrected chi connectivity index (χ0v) is 10.6. The lowest BCUT2D eigenvalue weighted by molar-refractivity contribution is -0.138. The standard InChI is InChI=1S/C11H11N5O2S/c17-10(18)7-16-12-6-9(15-16)14-11(19)13-8-4-2-1-3-5-8/h1-6H,7H2,(H,17,18)(H2,13,14,15,19). The molecule has 0 saturated heterocycles. The van der Waals surface area contributed by atoms with Crippen LogP contribution in [0.25, 0.3) is 0 Å². The van der Waals surface area contributed by atoms with Gasteiger partial charge in [-0.2, -0.15) is 9.90 Å². The molecular weight excluding hydrogens is 266 g/mol. The third kappa shape index (κ3) is 4.03. The van der Waals surface area contributed by atoms with E-state index in [1.807, 2.05) is 30.3 Å². The minimum absolute atomic E-state index is 0.291. The number of hydrogen-bond acceptors (Lipinski definition) is 4. The normalized spacial score (nSPS) is 9.89. The van der Waals surface area contributed by atoms with E-state index in [4.69, 9.17) is 17.3 Å². The molecule has 0 radical (unpaired) electrons. The fraction of sp³-hybridized carbons (Fsp3) is 0.0909. The number of hydrogen-bond donors (Lipinski definition) is 3. The van der Waals surface area contributed by atoms with Crippen molar-refractivity contribution in [1.82, 2.24) is 15.0 Å². The summed E-state index contributed by atoms with van der Waals surface area (Å²) in [6, 6.07) is 9.41. The first-order valence-corrected chi connectivity index (χ1v) is 5.79. The second-order valence-electron chi connectivity index (χ2n) is 3.60. The Kier molecular flexibility index (Phi) is 4.04. The van der Waals surface area contributed by atoms with Gasteiger partial charge in [0, 0.05) is 5.69 Å². The average molecular weight is 277 g/mol. The maximum atomic E-state index is 10.5. The van der Waals surface area contributed by atoms with E-state index in [2.05, 4.69) is 20.8 Å². The summed E-state index contributed by atoms with van der Waals surface area (Å²) in [6.45, 7) is -0.291. The van der Waals surface area contributed by atoms with Crippen LogP contribution < -0.4 is 10.6 Å². The summed E-state index contributed by atoms with van der Waals surface area (Å²) in [5, 5.41) is 22.4. The number of carbonyl (C=O) groups is 1. The number of aromatic nitrogens is 3. The van der Waals surface area contributed by atoms with Crippen molar-refractivity contribution in [2.75, 3.05) is 10.6 Å². The molecule has 1 aromatic carbocycles. The number of anilines is 2. The molecule has 2 aromatic rings. The highest BCUT2D eigenvalue weighted by Gasteiger charge is 2.05. The van der Waals surface area contributed by atoms with Gasteiger partial charge in [-0.3, -0.25) is 4.79 Å². The van der Waals surface area contributed by atoms with Crippen LogP contribution in [0.5, 0.6) is 0 Å². The maximum Gasteiger partial charge on any atom is 0.327 e. The quantitative estimate of drug-likeness (QED) is 0.722. The largest absolute Gasteiger partial charge is 0.480 e. The SMILES string of the molecule is O=C(O)Cn1ncc(NC(=S)Nc2ccccc2)n1. The van der Waals surface area contributed by atoms with E-state index in [1.54, 1.807) is 0 Å². The van der Waals surface area contributed by atoms with Crippen LogP contribution >= 0.6 is 12.2 Å². The van der Waals surface area contributed by atoms with Crippen molar-refractivity contribution in [1.29, 1.82) is 0 Å². The van der Waals surface area contributed by atoms with Crippen molar-refractivity contribution in [2.24, 2.45) is 0 Å². The first-order chi connectivity index (χ1) is 9.13. The predicted octanol–water partition coefficient (Wildman–Crippen LogP) is 1.17. The molecule has 0 atom stereocenters. The summed E-state index contributed by atoms with van der Waals surface area (Å²) in [5.74, 6) is -0.623. The zero-order chi connectivity index (χ0) is 13.7. The molecule has 0 spiro atoms. The van der Waals surface area contributed by atoms with Gasteiger partial charge in [0.15, 0.2) is 17.5 Å². The van der Waals surface area contributed by atoms with E-state index >= 15 is 0 Å². The van der Waals surface area contributed by atoms with Gasteiger partial charge < -0.3 is 15.7 Å². The number of rotatable bonds is 4. The fourth-order valence-corrected chi connectivity index (χ4v) is 1.57. The molecule has 0 saturated carbocycles. The molecule has 3 N–H and O–H groups in total. The van der Waals surface area contributed by atoms with Crippen LogP contribution in [0.1, 0.15) is 0 Å². The van der Waals surface area contributed by atoms with Crippen molar-refractivity contribution >= 4 is 34.8 Å². The average Bonchev–Trinajstić information content (AvgIpc) is 2.76. The first kappa shape index (κ1) is 13.0. The summed E-state index contributed by atoms with van der Waals surface area (Å²) < 4.78 is 0. The molecule has 1 heterocycles. The molecule has 0 aliphatic carbocycles. The topological polar surface area (TPSA) is 92.1 Å². The molecule has 8 heteroatoms. The highest BCUT2D eigenvalue weighted by atomic mass is 32.1. The number of carboxylic acid groups (broad SMARTS) is 1. The molecule has 19 heavy (non-hydrogen) atoms. The number of nitrogens with zero attached hydrogens (tertiary/aromatic N) is 3. The lowest BCUT2D eigenvalue weighted by Gasteiger charge is -2.07. The third-order valence-corrected chi connectivity index (χ3v) is 2.29. The van der Waals surface area contributed by atoms with Crippen LogP contribution in [0, 0.1) is 0 Å². The lowest BCUT2D eigenvalue weighted by atomic mass is 10.3. The molecule has 0 aliphatic heterocycles. The van der Waals surface area contributed by atoms with Crippen LogP contribution in [-0.4, -0.2) is 31.2 Å². The van der Waals surface area contributed by atoms with Crippen LogP contribution in [-0.2, 0) is 11.3 Å². The molecule has 0 bridgehead atoms. The molecule has 1 aromatic heterocycles. The Balaban J connectivity index is 1.92. The van der Waals surface area contributed by atoms with E-state index < -0.39 is 5.97 Å².